The summed E-state index contributed by atoms with van der Waals surface area (Å²) in [7, 11) is 6.09. The predicted molar refractivity (Wildman–Crippen MR) is 137 cm³/mol. The van der Waals surface area contributed by atoms with Crippen molar-refractivity contribution in [2.24, 2.45) is 0 Å². The van der Waals surface area contributed by atoms with E-state index in [1.165, 1.54) is 6.26 Å². The number of benzene rings is 1. The highest BCUT2D eigenvalue weighted by molar-refractivity contribution is 7.18. The van der Waals surface area contributed by atoms with Gasteiger partial charge in [-0.25, -0.2) is 4.98 Å². The lowest BCUT2D eigenvalue weighted by atomic mass is 10.1. The van der Waals surface area contributed by atoms with Gasteiger partial charge in [0.05, 0.1) is 12.0 Å². The average molecular weight is 490 g/mol. The fourth-order valence-corrected chi connectivity index (χ4v) is 4.36. The van der Waals surface area contributed by atoms with Gasteiger partial charge in [0.15, 0.2) is 10.9 Å². The molecule has 0 aliphatic rings. The summed E-state index contributed by atoms with van der Waals surface area (Å²) >= 11 is 1.13. The maximum atomic E-state index is 13.2. The van der Waals surface area contributed by atoms with E-state index >= 15 is 0 Å². The molecule has 3 aromatic heterocycles. The fourth-order valence-electron chi connectivity index (χ4n) is 3.43. The highest BCUT2D eigenvalue weighted by Crippen LogP contribution is 2.33. The summed E-state index contributed by atoms with van der Waals surface area (Å²) in [6.07, 6.45) is 3.16. The molecule has 0 atom stereocenters. The number of aromatic nitrogens is 2. The van der Waals surface area contributed by atoms with Crippen LogP contribution in [0.3, 0.4) is 0 Å². The summed E-state index contributed by atoms with van der Waals surface area (Å²) in [4.78, 5) is 39.8. The topological polar surface area (TPSA) is 91.6 Å². The molecular weight excluding hydrogens is 462 g/mol. The monoisotopic (exact) mass is 489 g/mol. The minimum Gasteiger partial charge on any atom is -0.463 e. The van der Waals surface area contributed by atoms with Gasteiger partial charge in [-0.05, 0) is 45.4 Å². The maximum Gasteiger partial charge on any atom is 0.257 e. The van der Waals surface area contributed by atoms with Gasteiger partial charge in [-0.3, -0.25) is 24.8 Å². The number of hydrogen-bond donors (Lipinski definition) is 1. The zero-order valence-electron chi connectivity index (χ0n) is 19.9. The summed E-state index contributed by atoms with van der Waals surface area (Å²) in [6.45, 7) is 2.45. The van der Waals surface area contributed by atoms with Gasteiger partial charge in [0.25, 0.3) is 5.91 Å². The molecule has 1 N–H and O–H groups in total. The van der Waals surface area contributed by atoms with Crippen LogP contribution in [0.1, 0.15) is 31.3 Å². The zero-order valence-corrected chi connectivity index (χ0v) is 20.7. The van der Waals surface area contributed by atoms with E-state index in [-0.39, 0.29) is 11.7 Å². The second-order valence-electron chi connectivity index (χ2n) is 8.40. The third-order valence-corrected chi connectivity index (χ3v) is 6.25. The molecule has 9 heteroatoms. The van der Waals surface area contributed by atoms with Crippen LogP contribution in [0.25, 0.3) is 11.5 Å². The molecule has 1 amide bonds. The summed E-state index contributed by atoms with van der Waals surface area (Å²) in [6, 6.07) is 15.9. The van der Waals surface area contributed by atoms with Crippen LogP contribution in [0.2, 0.25) is 0 Å². The standard InChI is InChI=1S/C26H27N5O3S/c1-30(2)13-14-31(3)17-20-16-19(11-12-27-20)25(33)29-26-28-22(21-10-7-15-34-21)24(35-26)23(32)18-8-5-4-6-9-18/h4-12,15-16H,13-14,17H2,1-3H3,(H,28,29,33). The van der Waals surface area contributed by atoms with Crippen LogP contribution in [0, 0.1) is 0 Å². The maximum absolute atomic E-state index is 13.2. The van der Waals surface area contributed by atoms with Gasteiger partial charge < -0.3 is 9.32 Å². The second-order valence-corrected chi connectivity index (χ2v) is 9.40. The lowest BCUT2D eigenvalue weighted by Crippen LogP contribution is -2.28. The van der Waals surface area contributed by atoms with E-state index in [0.717, 1.165) is 30.1 Å². The van der Waals surface area contributed by atoms with E-state index in [1.54, 1.807) is 42.6 Å². The number of carbonyl (C=O) groups excluding carboxylic acids is 2. The van der Waals surface area contributed by atoms with Crippen LogP contribution in [0.15, 0.2) is 71.5 Å². The Bertz CT molecular complexity index is 1290. The first-order valence-electron chi connectivity index (χ1n) is 11.1. The molecule has 180 valence electrons. The van der Waals surface area contributed by atoms with E-state index < -0.39 is 0 Å². The third-order valence-electron chi connectivity index (χ3n) is 5.28. The van der Waals surface area contributed by atoms with Gasteiger partial charge in [0.1, 0.15) is 10.6 Å². The van der Waals surface area contributed by atoms with Crippen molar-refractivity contribution in [2.45, 2.75) is 6.54 Å². The molecule has 4 aromatic rings. The van der Waals surface area contributed by atoms with E-state index in [4.69, 9.17) is 4.42 Å². The Kier molecular flexibility index (Phi) is 7.81. The molecule has 0 aliphatic carbocycles. The molecule has 0 aliphatic heterocycles. The molecule has 8 nitrogen and oxygen atoms in total. The van der Waals surface area contributed by atoms with Gasteiger partial charge in [0.2, 0.25) is 5.78 Å². The van der Waals surface area contributed by atoms with Crippen LogP contribution >= 0.6 is 11.3 Å². The molecule has 0 saturated carbocycles. The number of rotatable bonds is 10. The van der Waals surface area contributed by atoms with Crippen LogP contribution in [0.4, 0.5) is 5.13 Å². The fraction of sp³-hybridized carbons (Fsp3) is 0.231. The molecule has 0 spiro atoms. The largest absolute Gasteiger partial charge is 0.463 e. The van der Waals surface area contributed by atoms with Gasteiger partial charge in [-0.1, -0.05) is 41.7 Å². The summed E-state index contributed by atoms with van der Waals surface area (Å²) < 4.78 is 5.50. The molecular formula is C26H27N5O3S. The Morgan fingerprint density at radius 1 is 1.00 bits per heavy atom. The third kappa shape index (κ3) is 6.27. The first kappa shape index (κ1) is 24.5. The Hall–Kier alpha value is -3.66. The molecule has 0 radical (unpaired) electrons. The first-order valence-corrected chi connectivity index (χ1v) is 12.0. The number of ketones is 1. The van der Waals surface area contributed by atoms with Crippen molar-refractivity contribution in [2.75, 3.05) is 39.5 Å². The van der Waals surface area contributed by atoms with E-state index in [1.807, 2.05) is 39.3 Å². The zero-order chi connectivity index (χ0) is 24.8. The van der Waals surface area contributed by atoms with Gasteiger partial charge in [-0.15, -0.1) is 0 Å². The van der Waals surface area contributed by atoms with Crippen LogP contribution in [-0.2, 0) is 6.54 Å². The smallest absolute Gasteiger partial charge is 0.257 e. The molecule has 4 rings (SSSR count). The Labute approximate surface area is 208 Å². The number of amides is 1. The summed E-state index contributed by atoms with van der Waals surface area (Å²) in [5, 5.41) is 3.16. The van der Waals surface area contributed by atoms with Crippen molar-refractivity contribution < 1.29 is 14.0 Å². The van der Waals surface area contributed by atoms with Gasteiger partial charge >= 0.3 is 0 Å². The molecule has 1 aromatic carbocycles. The number of pyridine rings is 1. The average Bonchev–Trinajstić information content (AvgIpc) is 3.53. The van der Waals surface area contributed by atoms with Crippen molar-refractivity contribution in [1.82, 2.24) is 19.8 Å². The second kappa shape index (κ2) is 11.2. The number of carbonyl (C=O) groups is 2. The Morgan fingerprint density at radius 3 is 2.51 bits per heavy atom. The van der Waals surface area contributed by atoms with Crippen molar-refractivity contribution in [3.8, 4) is 11.5 Å². The number of anilines is 1. The molecule has 0 unspecified atom stereocenters. The van der Waals surface area contributed by atoms with E-state index in [0.29, 0.717) is 39.1 Å². The van der Waals surface area contributed by atoms with E-state index in [9.17, 15) is 9.59 Å². The van der Waals surface area contributed by atoms with Crippen molar-refractivity contribution in [3.63, 3.8) is 0 Å². The molecule has 35 heavy (non-hydrogen) atoms. The van der Waals surface area contributed by atoms with Crippen LogP contribution in [-0.4, -0.2) is 65.7 Å². The number of furan rings is 1. The lowest BCUT2D eigenvalue weighted by Gasteiger charge is -2.19. The quantitative estimate of drug-likeness (QED) is 0.333. The highest BCUT2D eigenvalue weighted by Gasteiger charge is 2.23. The van der Waals surface area contributed by atoms with Crippen molar-refractivity contribution in [3.05, 3.63) is 88.8 Å². The molecule has 0 saturated heterocycles. The number of nitrogens with one attached hydrogen (secondary N) is 1. The minimum absolute atomic E-state index is 0.179. The van der Waals surface area contributed by atoms with E-state index in [2.05, 4.69) is 25.1 Å². The first-order chi connectivity index (χ1) is 16.9. The van der Waals surface area contributed by atoms with Gasteiger partial charge in [-0.2, -0.15) is 0 Å². The van der Waals surface area contributed by atoms with Crippen LogP contribution in [0.5, 0.6) is 0 Å². The lowest BCUT2D eigenvalue weighted by molar-refractivity contribution is 0.102. The Balaban J connectivity index is 1.53. The van der Waals surface area contributed by atoms with Crippen molar-refractivity contribution in [1.29, 1.82) is 0 Å². The summed E-state index contributed by atoms with van der Waals surface area (Å²) in [5.41, 5.74) is 2.22. The highest BCUT2D eigenvalue weighted by atomic mass is 32.1. The van der Waals surface area contributed by atoms with Gasteiger partial charge in [0, 0.05) is 37.0 Å². The van der Waals surface area contributed by atoms with Crippen molar-refractivity contribution >= 4 is 28.2 Å². The molecule has 0 fully saturated rings. The number of nitrogens with zero attached hydrogens (tertiary/aromatic N) is 4. The number of hydrogen-bond acceptors (Lipinski definition) is 8. The normalized spacial score (nSPS) is 11.2. The number of thiazole rings is 1. The number of likely N-dealkylation sites (N-methyl/N-ethyl adjacent to an activating group) is 2. The minimum atomic E-state index is -0.317. The molecule has 0 bridgehead atoms. The Morgan fingerprint density at radius 2 is 1.80 bits per heavy atom. The SMILES string of the molecule is CN(C)CCN(C)Cc1cc(C(=O)Nc2nc(-c3ccco3)c(C(=O)c3ccccc3)s2)ccn1. The predicted octanol–water partition coefficient (Wildman–Crippen LogP) is 4.27. The molecule has 3 heterocycles. The summed E-state index contributed by atoms with van der Waals surface area (Å²) in [5.74, 6) is -0.0296. The van der Waals surface area contributed by atoms with Crippen LogP contribution < -0.4 is 5.32 Å².